The first kappa shape index (κ1) is 24.6. The van der Waals surface area contributed by atoms with Gasteiger partial charge in [0.05, 0.1) is 17.2 Å². The highest BCUT2D eigenvalue weighted by Crippen LogP contribution is 2.36. The number of imidazole rings is 1. The molecule has 0 saturated heterocycles. The molecule has 0 radical (unpaired) electrons. The number of hydrogen-bond donors (Lipinski definition) is 2. The number of nitrogen functional groups attached to an aromatic ring is 1. The van der Waals surface area contributed by atoms with Gasteiger partial charge < -0.3 is 11.1 Å². The molecule has 1 aromatic carbocycles. The number of benzene rings is 1. The molecule has 5 aromatic heterocycles. The number of nitrogens with zero attached hydrogens (tertiary/aromatic N) is 7. The predicted molar refractivity (Wildman–Crippen MR) is 151 cm³/mol. The molecule has 6 aromatic rings. The van der Waals surface area contributed by atoms with Gasteiger partial charge in [-0.2, -0.15) is 4.39 Å². The Bertz CT molecular complexity index is 1940. The Kier molecular flexibility index (Phi) is 5.77. The minimum Gasteiger partial charge on any atom is -0.383 e. The van der Waals surface area contributed by atoms with E-state index >= 15 is 0 Å². The number of nitrogens with one attached hydrogen (secondary N) is 1. The zero-order valence-electron chi connectivity index (χ0n) is 22.0. The van der Waals surface area contributed by atoms with Crippen molar-refractivity contribution < 1.29 is 9.18 Å². The van der Waals surface area contributed by atoms with E-state index in [1.54, 1.807) is 30.6 Å². The summed E-state index contributed by atoms with van der Waals surface area (Å²) >= 11 is 0. The van der Waals surface area contributed by atoms with Crippen LogP contribution in [0.15, 0.2) is 79.3 Å². The van der Waals surface area contributed by atoms with Crippen LogP contribution in [0.2, 0.25) is 0 Å². The molecule has 7 rings (SSSR count). The second-order valence-corrected chi connectivity index (χ2v) is 9.94. The lowest BCUT2D eigenvalue weighted by Gasteiger charge is -2.16. The summed E-state index contributed by atoms with van der Waals surface area (Å²) in [6, 6.07) is 18.1. The van der Waals surface area contributed by atoms with Crippen LogP contribution >= 0.6 is 0 Å². The number of aromatic nitrogens is 7. The Morgan fingerprint density at radius 3 is 2.76 bits per heavy atom. The highest BCUT2D eigenvalue weighted by molar-refractivity contribution is 5.94. The maximum absolute atomic E-state index is 13.7. The van der Waals surface area contributed by atoms with Crippen LogP contribution in [-0.4, -0.2) is 40.2 Å². The van der Waals surface area contributed by atoms with Crippen LogP contribution in [-0.2, 0) is 6.42 Å². The molecule has 0 bridgehead atoms. The largest absolute Gasteiger partial charge is 0.383 e. The topological polar surface area (TPSA) is 129 Å². The summed E-state index contributed by atoms with van der Waals surface area (Å²) in [7, 11) is 0. The predicted octanol–water partition coefficient (Wildman–Crippen LogP) is 4.51. The molecule has 0 fully saturated rings. The van der Waals surface area contributed by atoms with E-state index in [1.165, 1.54) is 16.9 Å². The van der Waals surface area contributed by atoms with Crippen molar-refractivity contribution in [1.82, 2.24) is 39.6 Å². The number of rotatable bonds is 5. The van der Waals surface area contributed by atoms with E-state index in [0.717, 1.165) is 35.3 Å². The minimum atomic E-state index is -0.594. The van der Waals surface area contributed by atoms with Crippen molar-refractivity contribution in [3.63, 3.8) is 0 Å². The molecule has 202 valence electrons. The molecular formula is C30H24FN9O. The Morgan fingerprint density at radius 2 is 1.98 bits per heavy atom. The third kappa shape index (κ3) is 4.37. The van der Waals surface area contributed by atoms with E-state index in [9.17, 15) is 9.18 Å². The van der Waals surface area contributed by atoms with Gasteiger partial charge in [0.15, 0.2) is 17.3 Å². The number of anilines is 1. The highest BCUT2D eigenvalue weighted by Gasteiger charge is 2.26. The standard InChI is InChI=1S/C30H24FN9O/c1-17-4-5-19(16-34-17)30(41)36-23-9-6-18-15-20(7-8-21(18)23)40-28(22-3-2-13-33-27(22)32)35-24-10-11-26(37-29(24)40)39-14-12-25(31)38-39/h2-5,7-8,10-16,23H,6,9H2,1H3,(H2,32,33)(H,36,41)/t23-/m0/s1. The average molecular weight is 546 g/mol. The summed E-state index contributed by atoms with van der Waals surface area (Å²) < 4.78 is 17.0. The van der Waals surface area contributed by atoms with E-state index in [4.69, 9.17) is 15.7 Å². The number of amides is 1. The van der Waals surface area contributed by atoms with Gasteiger partial charge >= 0.3 is 0 Å². The van der Waals surface area contributed by atoms with Crippen LogP contribution in [0.25, 0.3) is 34.1 Å². The van der Waals surface area contributed by atoms with Crippen molar-refractivity contribution in [2.75, 3.05) is 5.73 Å². The summed E-state index contributed by atoms with van der Waals surface area (Å²) in [6.45, 7) is 1.89. The molecular weight excluding hydrogens is 521 g/mol. The summed E-state index contributed by atoms with van der Waals surface area (Å²) in [5, 5.41) is 7.02. The molecule has 11 heteroatoms. The summed E-state index contributed by atoms with van der Waals surface area (Å²) in [4.78, 5) is 31.1. The molecule has 0 saturated carbocycles. The van der Waals surface area contributed by atoms with Crippen LogP contribution in [0, 0.1) is 12.9 Å². The van der Waals surface area contributed by atoms with Gasteiger partial charge in [0, 0.05) is 36.0 Å². The van der Waals surface area contributed by atoms with Crippen LogP contribution in [0.4, 0.5) is 10.2 Å². The second-order valence-electron chi connectivity index (χ2n) is 9.94. The van der Waals surface area contributed by atoms with Gasteiger partial charge in [-0.05, 0) is 79.4 Å². The van der Waals surface area contributed by atoms with Crippen molar-refractivity contribution in [3.8, 4) is 22.9 Å². The van der Waals surface area contributed by atoms with Gasteiger partial charge in [-0.1, -0.05) is 6.07 Å². The van der Waals surface area contributed by atoms with E-state index in [2.05, 4.69) is 26.4 Å². The van der Waals surface area contributed by atoms with E-state index in [-0.39, 0.29) is 11.9 Å². The van der Waals surface area contributed by atoms with Gasteiger partial charge in [0.1, 0.15) is 11.3 Å². The number of nitrogens with two attached hydrogens (primary N) is 1. The molecule has 1 aliphatic rings. The number of halogens is 1. The normalized spacial score (nSPS) is 14.3. The smallest absolute Gasteiger partial charge is 0.253 e. The van der Waals surface area contributed by atoms with Crippen molar-refractivity contribution in [2.45, 2.75) is 25.8 Å². The third-order valence-electron chi connectivity index (χ3n) is 7.30. The Morgan fingerprint density at radius 1 is 1.07 bits per heavy atom. The summed E-state index contributed by atoms with van der Waals surface area (Å²) in [5.41, 5.74) is 12.5. The number of hydrogen-bond acceptors (Lipinski definition) is 7. The highest BCUT2D eigenvalue weighted by atomic mass is 19.1. The molecule has 1 aliphatic carbocycles. The Hall–Kier alpha value is -5.45. The van der Waals surface area contributed by atoms with Gasteiger partial charge in [-0.3, -0.25) is 14.3 Å². The van der Waals surface area contributed by atoms with Crippen molar-refractivity contribution >= 4 is 22.9 Å². The third-order valence-corrected chi connectivity index (χ3v) is 7.30. The number of carbonyl (C=O) groups excluding carboxylic acids is 1. The minimum absolute atomic E-state index is 0.111. The quantitative estimate of drug-likeness (QED) is 0.326. The fourth-order valence-corrected chi connectivity index (χ4v) is 5.27. The maximum atomic E-state index is 13.7. The van der Waals surface area contributed by atoms with Gasteiger partial charge in [-0.25, -0.2) is 19.6 Å². The fourth-order valence-electron chi connectivity index (χ4n) is 5.27. The van der Waals surface area contributed by atoms with Crippen LogP contribution in [0.5, 0.6) is 0 Å². The molecule has 41 heavy (non-hydrogen) atoms. The van der Waals surface area contributed by atoms with Gasteiger partial charge in [0.25, 0.3) is 5.91 Å². The summed E-state index contributed by atoms with van der Waals surface area (Å²) in [6.07, 6.45) is 6.32. The monoisotopic (exact) mass is 545 g/mol. The number of aryl methyl sites for hydroxylation is 2. The van der Waals surface area contributed by atoms with Crippen LogP contribution in [0.1, 0.15) is 39.6 Å². The molecule has 0 spiro atoms. The second kappa shape index (κ2) is 9.63. The molecule has 1 amide bonds. The van der Waals surface area contributed by atoms with Crippen LogP contribution < -0.4 is 11.1 Å². The molecule has 0 aliphatic heterocycles. The Balaban J connectivity index is 1.31. The van der Waals surface area contributed by atoms with Crippen LogP contribution in [0.3, 0.4) is 0 Å². The molecule has 10 nitrogen and oxygen atoms in total. The Labute approximate surface area is 233 Å². The van der Waals surface area contributed by atoms with Crippen molar-refractivity contribution in [1.29, 1.82) is 0 Å². The summed E-state index contributed by atoms with van der Waals surface area (Å²) in [5.74, 6) is 0.622. The van der Waals surface area contributed by atoms with E-state index in [1.807, 2.05) is 41.8 Å². The maximum Gasteiger partial charge on any atom is 0.253 e. The lowest BCUT2D eigenvalue weighted by Crippen LogP contribution is -2.27. The van der Waals surface area contributed by atoms with E-state index < -0.39 is 5.95 Å². The SMILES string of the molecule is Cc1ccc(C(=O)N[C@H]2CCc3cc(-n4c(-c5cccnc5N)nc5ccc(-n6ccc(F)n6)nc54)ccc32)cn1. The van der Waals surface area contributed by atoms with Gasteiger partial charge in [0.2, 0.25) is 5.95 Å². The van der Waals surface area contributed by atoms with Crippen molar-refractivity contribution in [2.24, 2.45) is 0 Å². The number of pyridine rings is 3. The lowest BCUT2D eigenvalue weighted by molar-refractivity contribution is 0.0936. The van der Waals surface area contributed by atoms with E-state index in [0.29, 0.717) is 39.8 Å². The number of carbonyl (C=O) groups is 1. The fraction of sp³-hybridized carbons (Fsp3) is 0.133. The first-order chi connectivity index (χ1) is 19.9. The average Bonchev–Trinajstić information content (AvgIpc) is 3.70. The first-order valence-corrected chi connectivity index (χ1v) is 13.1. The molecule has 0 unspecified atom stereocenters. The molecule has 3 N–H and O–H groups in total. The first-order valence-electron chi connectivity index (χ1n) is 13.1. The van der Waals surface area contributed by atoms with Crippen molar-refractivity contribution in [3.05, 3.63) is 108 Å². The lowest BCUT2D eigenvalue weighted by atomic mass is 10.1. The number of fused-ring (bicyclic) bond motifs is 2. The van der Waals surface area contributed by atoms with Gasteiger partial charge in [-0.15, -0.1) is 5.10 Å². The zero-order chi connectivity index (χ0) is 28.1. The molecule has 1 atom stereocenters. The molecule has 5 heterocycles. The zero-order valence-corrected chi connectivity index (χ0v) is 22.0.